The number of ether oxygens (including phenoxy) is 1. The number of amides is 1. The molecule has 0 aliphatic heterocycles. The molecule has 0 N–H and O–H groups in total. The second-order valence-electron chi connectivity index (χ2n) is 8.96. The number of aromatic nitrogens is 2. The second kappa shape index (κ2) is 13.1. The minimum Gasteiger partial charge on any atom is -0.492 e. The predicted molar refractivity (Wildman–Crippen MR) is 142 cm³/mol. The third-order valence-electron chi connectivity index (χ3n) is 6.37. The molecular weight excluding hydrogens is 438 g/mol. The van der Waals surface area contributed by atoms with Gasteiger partial charge in [0.05, 0.1) is 29.2 Å². The molecule has 6 nitrogen and oxygen atoms in total. The molecule has 0 aliphatic carbocycles. The van der Waals surface area contributed by atoms with Crippen LogP contribution in [0.3, 0.4) is 0 Å². The third-order valence-corrected chi connectivity index (χ3v) is 6.37. The third kappa shape index (κ3) is 6.30. The molecule has 188 valence electrons. The number of benzene rings is 2. The molecule has 0 saturated carbocycles. The lowest BCUT2D eigenvalue weighted by atomic mass is 10.1. The Morgan fingerprint density at radius 3 is 2.40 bits per heavy atom. The van der Waals surface area contributed by atoms with E-state index < -0.39 is 0 Å². The minimum absolute atomic E-state index is 0.120. The molecule has 0 aliphatic rings. The molecule has 6 heteroatoms. The van der Waals surface area contributed by atoms with Gasteiger partial charge in [0, 0.05) is 13.0 Å². The van der Waals surface area contributed by atoms with Crippen molar-refractivity contribution in [2.24, 2.45) is 0 Å². The van der Waals surface area contributed by atoms with Crippen molar-refractivity contribution < 1.29 is 9.53 Å². The normalized spacial score (nSPS) is 12.0. The van der Waals surface area contributed by atoms with Crippen LogP contribution in [0.4, 0.5) is 0 Å². The SMILES string of the molecule is CCCCCC(=O)N(CCCCC)C(C)c1nc2ccccc2c(=O)n1-c1ccccc1OCC. The van der Waals surface area contributed by atoms with Crippen LogP contribution in [0.25, 0.3) is 16.6 Å². The first kappa shape index (κ1) is 26.5. The van der Waals surface area contributed by atoms with Crippen molar-refractivity contribution >= 4 is 16.8 Å². The van der Waals surface area contributed by atoms with Crippen LogP contribution in [-0.4, -0.2) is 33.5 Å². The minimum atomic E-state index is -0.368. The van der Waals surface area contributed by atoms with Crippen LogP contribution < -0.4 is 10.3 Å². The summed E-state index contributed by atoms with van der Waals surface area (Å²) in [6.45, 7) is 9.34. The van der Waals surface area contributed by atoms with Gasteiger partial charge in [-0.05, 0) is 51.0 Å². The molecule has 0 saturated heterocycles. The lowest BCUT2D eigenvalue weighted by molar-refractivity contribution is -0.133. The van der Waals surface area contributed by atoms with Crippen LogP contribution in [0.5, 0.6) is 5.75 Å². The lowest BCUT2D eigenvalue weighted by Gasteiger charge is -2.31. The molecule has 2 aromatic carbocycles. The Bertz CT molecular complexity index is 1170. The molecule has 0 spiro atoms. The highest BCUT2D eigenvalue weighted by Crippen LogP contribution is 2.28. The maximum Gasteiger partial charge on any atom is 0.266 e. The van der Waals surface area contributed by atoms with Gasteiger partial charge < -0.3 is 9.64 Å². The van der Waals surface area contributed by atoms with E-state index in [1.54, 1.807) is 10.6 Å². The van der Waals surface area contributed by atoms with Gasteiger partial charge in [0.25, 0.3) is 5.56 Å². The van der Waals surface area contributed by atoms with Gasteiger partial charge in [-0.3, -0.25) is 14.2 Å². The predicted octanol–water partition coefficient (Wildman–Crippen LogP) is 6.44. The smallest absolute Gasteiger partial charge is 0.266 e. The van der Waals surface area contributed by atoms with Crippen molar-refractivity contribution in [3.05, 3.63) is 64.7 Å². The first-order chi connectivity index (χ1) is 17.0. The summed E-state index contributed by atoms with van der Waals surface area (Å²) in [7, 11) is 0. The number of para-hydroxylation sites is 3. The quantitative estimate of drug-likeness (QED) is 0.266. The molecule has 1 unspecified atom stereocenters. The number of carbonyl (C=O) groups excluding carboxylic acids is 1. The molecule has 3 aromatic rings. The highest BCUT2D eigenvalue weighted by Gasteiger charge is 2.27. The van der Waals surface area contributed by atoms with Gasteiger partial charge in [-0.1, -0.05) is 63.8 Å². The maximum atomic E-state index is 13.8. The Hall–Kier alpha value is -3.15. The Kier molecular flexibility index (Phi) is 9.88. The Morgan fingerprint density at radius 2 is 1.66 bits per heavy atom. The number of rotatable bonds is 13. The summed E-state index contributed by atoms with van der Waals surface area (Å²) in [6, 6.07) is 14.6. The van der Waals surface area contributed by atoms with E-state index in [4.69, 9.17) is 9.72 Å². The molecule has 3 rings (SSSR count). The maximum absolute atomic E-state index is 13.8. The number of carbonyl (C=O) groups is 1. The number of unbranched alkanes of at least 4 members (excludes halogenated alkanes) is 4. The molecule has 35 heavy (non-hydrogen) atoms. The molecule has 1 aromatic heterocycles. The highest BCUT2D eigenvalue weighted by atomic mass is 16.5. The summed E-state index contributed by atoms with van der Waals surface area (Å²) in [6.07, 6.45) is 6.54. The molecular formula is C29H39N3O3. The van der Waals surface area contributed by atoms with Crippen molar-refractivity contribution in [1.29, 1.82) is 0 Å². The van der Waals surface area contributed by atoms with Crippen molar-refractivity contribution in [3.8, 4) is 11.4 Å². The largest absolute Gasteiger partial charge is 0.492 e. The van der Waals surface area contributed by atoms with E-state index in [1.807, 2.05) is 61.2 Å². The van der Waals surface area contributed by atoms with E-state index in [1.165, 1.54) is 0 Å². The van der Waals surface area contributed by atoms with Crippen molar-refractivity contribution in [2.45, 2.75) is 78.7 Å². The second-order valence-corrected chi connectivity index (χ2v) is 8.96. The van der Waals surface area contributed by atoms with E-state index >= 15 is 0 Å². The standard InChI is InChI=1S/C29H39N3O3/c1-5-8-10-20-27(33)31(21-15-9-6-2)22(4)28-30-24-17-12-11-16-23(24)29(34)32(28)25-18-13-14-19-26(25)35-7-3/h11-14,16-19,22H,5-10,15,20-21H2,1-4H3. The Balaban J connectivity index is 2.16. The summed E-state index contributed by atoms with van der Waals surface area (Å²) < 4.78 is 7.52. The molecule has 0 bridgehead atoms. The van der Waals surface area contributed by atoms with E-state index in [-0.39, 0.29) is 17.5 Å². The van der Waals surface area contributed by atoms with E-state index in [2.05, 4.69) is 13.8 Å². The topological polar surface area (TPSA) is 64.4 Å². The average Bonchev–Trinajstić information content (AvgIpc) is 2.87. The van der Waals surface area contributed by atoms with Gasteiger partial charge >= 0.3 is 0 Å². The lowest BCUT2D eigenvalue weighted by Crippen LogP contribution is -2.38. The van der Waals surface area contributed by atoms with E-state index in [9.17, 15) is 9.59 Å². The fourth-order valence-corrected chi connectivity index (χ4v) is 4.46. The van der Waals surface area contributed by atoms with Crippen LogP contribution in [0.2, 0.25) is 0 Å². The van der Waals surface area contributed by atoms with Crippen molar-refractivity contribution in [1.82, 2.24) is 14.5 Å². The molecule has 1 heterocycles. The van der Waals surface area contributed by atoms with Crippen LogP contribution in [0.15, 0.2) is 53.3 Å². The summed E-state index contributed by atoms with van der Waals surface area (Å²) in [4.78, 5) is 34.1. The monoisotopic (exact) mass is 477 g/mol. The number of fused-ring (bicyclic) bond motifs is 1. The first-order valence-electron chi connectivity index (χ1n) is 13.1. The fraction of sp³-hybridized carbons (Fsp3) is 0.483. The summed E-state index contributed by atoms with van der Waals surface area (Å²) in [5.74, 6) is 1.30. The molecule has 1 amide bonds. The average molecular weight is 478 g/mol. The summed E-state index contributed by atoms with van der Waals surface area (Å²) >= 11 is 0. The fourth-order valence-electron chi connectivity index (χ4n) is 4.46. The van der Waals surface area contributed by atoms with Crippen LogP contribution in [0, 0.1) is 0 Å². The summed E-state index contributed by atoms with van der Waals surface area (Å²) in [5.41, 5.74) is 1.12. The molecule has 0 radical (unpaired) electrons. The van der Waals surface area contributed by atoms with Gasteiger partial charge in [0.2, 0.25) is 5.91 Å². The van der Waals surface area contributed by atoms with Crippen LogP contribution in [0.1, 0.15) is 84.5 Å². The van der Waals surface area contributed by atoms with Crippen molar-refractivity contribution in [2.75, 3.05) is 13.2 Å². The Labute approximate surface area is 208 Å². The van der Waals surface area contributed by atoms with Gasteiger partial charge in [0.15, 0.2) is 0 Å². The zero-order valence-electron chi connectivity index (χ0n) is 21.6. The number of nitrogens with zero attached hydrogens (tertiary/aromatic N) is 3. The zero-order chi connectivity index (χ0) is 25.2. The Morgan fingerprint density at radius 1 is 0.971 bits per heavy atom. The van der Waals surface area contributed by atoms with Crippen molar-refractivity contribution in [3.63, 3.8) is 0 Å². The highest BCUT2D eigenvalue weighted by molar-refractivity contribution is 5.79. The molecule has 0 fully saturated rings. The summed E-state index contributed by atoms with van der Waals surface area (Å²) in [5, 5.41) is 0.543. The zero-order valence-corrected chi connectivity index (χ0v) is 21.6. The first-order valence-corrected chi connectivity index (χ1v) is 13.1. The number of hydrogen-bond donors (Lipinski definition) is 0. The van der Waals surface area contributed by atoms with Gasteiger partial charge in [-0.15, -0.1) is 0 Å². The van der Waals surface area contributed by atoms with Crippen LogP contribution in [-0.2, 0) is 4.79 Å². The van der Waals surface area contributed by atoms with Crippen LogP contribution >= 0.6 is 0 Å². The van der Waals surface area contributed by atoms with Gasteiger partial charge in [-0.2, -0.15) is 0 Å². The van der Waals surface area contributed by atoms with E-state index in [0.29, 0.717) is 47.7 Å². The van der Waals surface area contributed by atoms with Gasteiger partial charge in [0.1, 0.15) is 11.6 Å². The number of hydrogen-bond acceptors (Lipinski definition) is 4. The molecule has 1 atom stereocenters. The van der Waals surface area contributed by atoms with E-state index in [0.717, 1.165) is 38.5 Å². The van der Waals surface area contributed by atoms with Gasteiger partial charge in [-0.25, -0.2) is 4.98 Å².